The molecule has 4 N–H and O–H groups in total. The molecule has 0 unspecified atom stereocenters. The molecule has 0 radical (unpaired) electrons. The van der Waals surface area contributed by atoms with Crippen LogP contribution in [-0.4, -0.2) is 35.6 Å². The molecule has 0 aromatic heterocycles. The van der Waals surface area contributed by atoms with Gasteiger partial charge in [-0.05, 0) is 31.0 Å². The second-order valence-electron chi connectivity index (χ2n) is 5.28. The molecule has 1 aromatic carbocycles. The van der Waals surface area contributed by atoms with Crippen LogP contribution in [-0.2, 0) is 9.59 Å². The van der Waals surface area contributed by atoms with Crippen LogP contribution in [0.4, 0.5) is 10.5 Å². The van der Waals surface area contributed by atoms with Crippen LogP contribution < -0.4 is 16.0 Å². The molecule has 0 bridgehead atoms. The molecule has 1 rings (SSSR count). The molecule has 0 fully saturated rings. The Bertz CT molecular complexity index is 560. The summed E-state index contributed by atoms with van der Waals surface area (Å²) in [6.07, 6.45) is 1.92. The fourth-order valence-electron chi connectivity index (χ4n) is 1.97. The molecule has 0 spiro atoms. The highest BCUT2D eigenvalue weighted by Crippen LogP contribution is 2.08. The van der Waals surface area contributed by atoms with Gasteiger partial charge in [-0.3, -0.25) is 4.79 Å². The van der Waals surface area contributed by atoms with Crippen LogP contribution in [0.1, 0.15) is 31.7 Å². The number of carbonyl (C=O) groups is 3. The summed E-state index contributed by atoms with van der Waals surface area (Å²) in [7, 11) is 0. The summed E-state index contributed by atoms with van der Waals surface area (Å²) in [5.41, 5.74) is 1.62. The molecule has 7 nitrogen and oxygen atoms in total. The molecule has 1 aromatic rings. The van der Waals surface area contributed by atoms with Crippen LogP contribution >= 0.6 is 0 Å². The number of aryl methyl sites for hydroxylation is 1. The van der Waals surface area contributed by atoms with Gasteiger partial charge in [0.2, 0.25) is 5.91 Å². The molecule has 0 saturated heterocycles. The third-order valence-electron chi connectivity index (χ3n) is 3.17. The van der Waals surface area contributed by atoms with E-state index in [2.05, 4.69) is 16.0 Å². The number of carboxylic acids is 1. The number of unbranched alkanes of at least 4 members (excludes halogenated alkanes) is 1. The first-order chi connectivity index (χ1) is 10.9. The van der Waals surface area contributed by atoms with Crippen molar-refractivity contribution in [2.45, 2.75) is 39.2 Å². The lowest BCUT2D eigenvalue weighted by Gasteiger charge is -2.14. The molecule has 0 aliphatic rings. The van der Waals surface area contributed by atoms with Crippen LogP contribution in [0.15, 0.2) is 24.3 Å². The Labute approximate surface area is 135 Å². The Hall–Kier alpha value is -2.57. The van der Waals surface area contributed by atoms with E-state index in [-0.39, 0.29) is 6.54 Å². The van der Waals surface area contributed by atoms with Crippen molar-refractivity contribution in [2.75, 3.05) is 11.9 Å². The number of nitrogens with one attached hydrogen (secondary N) is 3. The summed E-state index contributed by atoms with van der Waals surface area (Å²) < 4.78 is 0. The van der Waals surface area contributed by atoms with E-state index in [0.29, 0.717) is 18.5 Å². The lowest BCUT2D eigenvalue weighted by molar-refractivity contribution is -0.141. The summed E-state index contributed by atoms with van der Waals surface area (Å²) in [5.74, 6) is -1.61. The van der Waals surface area contributed by atoms with Crippen LogP contribution in [0.2, 0.25) is 0 Å². The number of amides is 3. The number of hydrogen-bond donors (Lipinski definition) is 4. The van der Waals surface area contributed by atoms with Crippen molar-refractivity contribution in [3.8, 4) is 0 Å². The Morgan fingerprint density at radius 3 is 2.61 bits per heavy atom. The second-order valence-corrected chi connectivity index (χ2v) is 5.28. The smallest absolute Gasteiger partial charge is 0.326 e. The molecule has 0 aliphatic heterocycles. The van der Waals surface area contributed by atoms with Crippen molar-refractivity contribution in [3.63, 3.8) is 0 Å². The van der Waals surface area contributed by atoms with Gasteiger partial charge in [-0.2, -0.15) is 0 Å². The number of aliphatic carboxylic acids is 1. The predicted molar refractivity (Wildman–Crippen MR) is 87.3 cm³/mol. The SMILES string of the molecule is CCCC[C@H](NC(=O)CNC(=O)Nc1cccc(C)c1)C(=O)O. The van der Waals surface area contributed by atoms with Crippen LogP contribution in [0.25, 0.3) is 0 Å². The Kier molecular flexibility index (Phi) is 7.59. The number of benzene rings is 1. The van der Waals surface area contributed by atoms with Crippen LogP contribution in [0.3, 0.4) is 0 Å². The number of hydrogen-bond acceptors (Lipinski definition) is 3. The minimum atomic E-state index is -1.07. The monoisotopic (exact) mass is 321 g/mol. The number of carboxylic acid groups (broad SMARTS) is 1. The standard InChI is InChI=1S/C16H23N3O4/c1-3-4-8-13(15(21)22)19-14(20)10-17-16(23)18-12-7-5-6-11(2)9-12/h5-7,9,13H,3-4,8,10H2,1-2H3,(H,19,20)(H,21,22)(H2,17,18,23)/t13-/m0/s1. The van der Waals surface area contributed by atoms with Crippen molar-refractivity contribution >= 4 is 23.6 Å². The van der Waals surface area contributed by atoms with Crippen molar-refractivity contribution in [1.29, 1.82) is 0 Å². The normalized spacial score (nSPS) is 11.4. The Morgan fingerprint density at radius 2 is 2.00 bits per heavy atom. The number of rotatable bonds is 8. The highest BCUT2D eigenvalue weighted by atomic mass is 16.4. The van der Waals surface area contributed by atoms with Gasteiger partial charge in [-0.1, -0.05) is 31.9 Å². The van der Waals surface area contributed by atoms with Gasteiger partial charge in [0.25, 0.3) is 0 Å². The lowest BCUT2D eigenvalue weighted by atomic mass is 10.1. The number of carbonyl (C=O) groups excluding carboxylic acids is 2. The zero-order valence-corrected chi connectivity index (χ0v) is 13.4. The van der Waals surface area contributed by atoms with Crippen LogP contribution in [0.5, 0.6) is 0 Å². The summed E-state index contributed by atoms with van der Waals surface area (Å²) >= 11 is 0. The maximum absolute atomic E-state index is 11.7. The van der Waals surface area contributed by atoms with Crippen LogP contribution in [0, 0.1) is 6.92 Å². The average Bonchev–Trinajstić information content (AvgIpc) is 2.49. The van der Waals surface area contributed by atoms with E-state index < -0.39 is 23.9 Å². The van der Waals surface area contributed by atoms with E-state index >= 15 is 0 Å². The van der Waals surface area contributed by atoms with Crippen molar-refractivity contribution < 1.29 is 19.5 Å². The van der Waals surface area contributed by atoms with Gasteiger partial charge in [0.15, 0.2) is 0 Å². The molecule has 3 amide bonds. The minimum absolute atomic E-state index is 0.284. The van der Waals surface area contributed by atoms with Gasteiger partial charge < -0.3 is 21.1 Å². The van der Waals surface area contributed by atoms with E-state index in [0.717, 1.165) is 12.0 Å². The quantitative estimate of drug-likeness (QED) is 0.586. The van der Waals surface area contributed by atoms with Gasteiger partial charge in [0, 0.05) is 5.69 Å². The Morgan fingerprint density at radius 1 is 1.26 bits per heavy atom. The summed E-state index contributed by atoms with van der Waals surface area (Å²) in [6, 6.07) is 5.79. The van der Waals surface area contributed by atoms with Gasteiger partial charge in [0.1, 0.15) is 6.04 Å². The summed E-state index contributed by atoms with van der Waals surface area (Å²) in [6.45, 7) is 3.56. The first kappa shape index (κ1) is 18.5. The molecule has 0 aliphatic carbocycles. The molecular formula is C16H23N3O4. The van der Waals surface area contributed by atoms with Gasteiger partial charge in [0.05, 0.1) is 6.54 Å². The third kappa shape index (κ3) is 7.30. The van der Waals surface area contributed by atoms with Crippen molar-refractivity contribution in [3.05, 3.63) is 29.8 Å². The maximum Gasteiger partial charge on any atom is 0.326 e. The van der Waals surface area contributed by atoms with E-state index in [1.165, 1.54) is 0 Å². The third-order valence-corrected chi connectivity index (χ3v) is 3.17. The second kappa shape index (κ2) is 9.45. The molecule has 0 saturated carbocycles. The largest absolute Gasteiger partial charge is 0.480 e. The average molecular weight is 321 g/mol. The van der Waals surface area contributed by atoms with E-state index in [4.69, 9.17) is 5.11 Å². The van der Waals surface area contributed by atoms with Crippen molar-refractivity contribution in [2.24, 2.45) is 0 Å². The highest BCUT2D eigenvalue weighted by Gasteiger charge is 2.19. The molecule has 23 heavy (non-hydrogen) atoms. The Balaban J connectivity index is 2.39. The van der Waals surface area contributed by atoms with E-state index in [1.54, 1.807) is 12.1 Å². The van der Waals surface area contributed by atoms with Gasteiger partial charge in [-0.15, -0.1) is 0 Å². The molecule has 0 heterocycles. The molecular weight excluding hydrogens is 298 g/mol. The minimum Gasteiger partial charge on any atom is -0.480 e. The highest BCUT2D eigenvalue weighted by molar-refractivity contribution is 5.93. The molecule has 1 atom stereocenters. The maximum atomic E-state index is 11.7. The summed E-state index contributed by atoms with van der Waals surface area (Å²) in [5, 5.41) is 16.4. The summed E-state index contributed by atoms with van der Waals surface area (Å²) in [4.78, 5) is 34.5. The number of anilines is 1. The van der Waals surface area contributed by atoms with Crippen molar-refractivity contribution in [1.82, 2.24) is 10.6 Å². The topological polar surface area (TPSA) is 108 Å². The van der Waals surface area contributed by atoms with Gasteiger partial charge in [-0.25, -0.2) is 9.59 Å². The molecule has 7 heteroatoms. The zero-order valence-electron chi connectivity index (χ0n) is 13.4. The zero-order chi connectivity index (χ0) is 17.2. The number of urea groups is 1. The lowest BCUT2D eigenvalue weighted by Crippen LogP contribution is -2.46. The fraction of sp³-hybridized carbons (Fsp3) is 0.438. The predicted octanol–water partition coefficient (Wildman–Crippen LogP) is 1.88. The fourth-order valence-corrected chi connectivity index (χ4v) is 1.97. The first-order valence-electron chi connectivity index (χ1n) is 7.56. The molecule has 126 valence electrons. The first-order valence-corrected chi connectivity index (χ1v) is 7.56. The van der Waals surface area contributed by atoms with E-state index in [1.807, 2.05) is 26.0 Å². The van der Waals surface area contributed by atoms with Gasteiger partial charge >= 0.3 is 12.0 Å². The van der Waals surface area contributed by atoms with E-state index in [9.17, 15) is 14.4 Å².